The van der Waals surface area contributed by atoms with Gasteiger partial charge in [-0.05, 0) is 71.2 Å². The fourth-order valence-corrected chi connectivity index (χ4v) is 3.54. The van der Waals surface area contributed by atoms with Gasteiger partial charge in [-0.3, -0.25) is 4.79 Å². The van der Waals surface area contributed by atoms with Crippen LogP contribution in [0.1, 0.15) is 23.6 Å². The third-order valence-corrected chi connectivity index (χ3v) is 5.13. The van der Waals surface area contributed by atoms with Gasteiger partial charge in [-0.1, -0.05) is 42.0 Å². The molecule has 0 saturated carbocycles. The van der Waals surface area contributed by atoms with Crippen molar-refractivity contribution in [2.75, 3.05) is 11.9 Å². The molecule has 0 fully saturated rings. The van der Waals surface area contributed by atoms with Crippen molar-refractivity contribution in [2.24, 2.45) is 0 Å². The van der Waals surface area contributed by atoms with E-state index in [1.54, 1.807) is 30.3 Å². The molecular formula is C26H23BrN2O3. The molecule has 0 radical (unpaired) electrons. The summed E-state index contributed by atoms with van der Waals surface area (Å²) in [5, 5.41) is 12.2. The van der Waals surface area contributed by atoms with E-state index in [0.29, 0.717) is 36.0 Å². The van der Waals surface area contributed by atoms with Crippen LogP contribution >= 0.6 is 15.9 Å². The highest BCUT2D eigenvalue weighted by Gasteiger charge is 2.11. The van der Waals surface area contributed by atoms with E-state index in [1.807, 2.05) is 50.2 Å². The van der Waals surface area contributed by atoms with E-state index in [2.05, 4.69) is 27.3 Å². The van der Waals surface area contributed by atoms with Gasteiger partial charge in [-0.15, -0.1) is 0 Å². The zero-order valence-corrected chi connectivity index (χ0v) is 19.5. The molecule has 1 amide bonds. The first-order valence-corrected chi connectivity index (χ1v) is 10.9. The van der Waals surface area contributed by atoms with Crippen LogP contribution in [0.15, 0.2) is 76.8 Å². The fourth-order valence-electron chi connectivity index (χ4n) is 3.03. The lowest BCUT2D eigenvalue weighted by atomic mass is 10.1. The maximum atomic E-state index is 12.6. The number of aryl methyl sites for hydroxylation is 1. The van der Waals surface area contributed by atoms with E-state index in [0.717, 1.165) is 10.0 Å². The second-order valence-electron chi connectivity index (χ2n) is 7.05. The van der Waals surface area contributed by atoms with Gasteiger partial charge < -0.3 is 14.8 Å². The van der Waals surface area contributed by atoms with Crippen LogP contribution in [-0.2, 0) is 11.4 Å². The van der Waals surface area contributed by atoms with Gasteiger partial charge in [-0.25, -0.2) is 0 Å². The number of carbonyl (C=O) groups is 1. The molecular weight excluding hydrogens is 468 g/mol. The number of hydrogen-bond acceptors (Lipinski definition) is 4. The predicted octanol–water partition coefficient (Wildman–Crippen LogP) is 6.28. The fraction of sp³-hybridized carbons (Fsp3) is 0.154. The lowest BCUT2D eigenvalue weighted by Gasteiger charge is -2.10. The molecule has 0 spiro atoms. The third-order valence-electron chi connectivity index (χ3n) is 4.51. The molecule has 0 atom stereocenters. The van der Waals surface area contributed by atoms with Gasteiger partial charge in [0.1, 0.15) is 29.7 Å². The SMILES string of the molecule is CCOc1cccc(NC(=O)/C(C#N)=C\c2ccc(OCc3cccc(C)c3)c(Br)c2)c1. The number of carbonyl (C=O) groups excluding carboxylic acids is 1. The number of benzene rings is 3. The van der Waals surface area contributed by atoms with Gasteiger partial charge in [0.2, 0.25) is 0 Å². The van der Waals surface area contributed by atoms with Crippen LogP contribution in [0.4, 0.5) is 5.69 Å². The Labute approximate surface area is 196 Å². The smallest absolute Gasteiger partial charge is 0.266 e. The maximum absolute atomic E-state index is 12.6. The Kier molecular flexibility index (Phi) is 8.07. The molecule has 6 heteroatoms. The minimum atomic E-state index is -0.489. The summed E-state index contributed by atoms with van der Waals surface area (Å²) < 4.78 is 12.1. The van der Waals surface area contributed by atoms with Crippen molar-refractivity contribution in [3.8, 4) is 17.6 Å². The molecule has 0 aliphatic heterocycles. The van der Waals surface area contributed by atoms with E-state index in [4.69, 9.17) is 9.47 Å². The summed E-state index contributed by atoms with van der Waals surface area (Å²) in [5.74, 6) is 0.842. The van der Waals surface area contributed by atoms with Crippen LogP contribution in [0, 0.1) is 18.3 Å². The number of nitrogens with zero attached hydrogens (tertiary/aromatic N) is 1. The summed E-state index contributed by atoms with van der Waals surface area (Å²) in [4.78, 5) is 12.6. The van der Waals surface area contributed by atoms with Crippen LogP contribution in [0.2, 0.25) is 0 Å². The Morgan fingerprint density at radius 2 is 1.91 bits per heavy atom. The summed E-state index contributed by atoms with van der Waals surface area (Å²) in [5.41, 5.74) is 3.51. The largest absolute Gasteiger partial charge is 0.494 e. The summed E-state index contributed by atoms with van der Waals surface area (Å²) >= 11 is 3.51. The van der Waals surface area contributed by atoms with Crippen molar-refractivity contribution in [3.05, 3.63) is 93.5 Å². The third kappa shape index (κ3) is 6.47. The minimum absolute atomic E-state index is 0.00728. The molecule has 0 unspecified atom stereocenters. The van der Waals surface area contributed by atoms with E-state index in [9.17, 15) is 10.1 Å². The van der Waals surface area contributed by atoms with Gasteiger partial charge in [-0.2, -0.15) is 5.26 Å². The topological polar surface area (TPSA) is 71.3 Å². The lowest BCUT2D eigenvalue weighted by Crippen LogP contribution is -2.13. The normalized spacial score (nSPS) is 10.9. The van der Waals surface area contributed by atoms with Gasteiger partial charge in [0.15, 0.2) is 0 Å². The molecule has 0 saturated heterocycles. The predicted molar refractivity (Wildman–Crippen MR) is 129 cm³/mol. The molecule has 0 heterocycles. The summed E-state index contributed by atoms with van der Waals surface area (Å²) in [7, 11) is 0. The Morgan fingerprint density at radius 3 is 2.62 bits per heavy atom. The molecule has 0 aliphatic rings. The molecule has 162 valence electrons. The number of hydrogen-bond donors (Lipinski definition) is 1. The summed E-state index contributed by atoms with van der Waals surface area (Å²) in [6, 6.07) is 22.6. The van der Waals surface area contributed by atoms with Crippen molar-refractivity contribution in [3.63, 3.8) is 0 Å². The molecule has 3 rings (SSSR count). The average molecular weight is 491 g/mol. The van der Waals surface area contributed by atoms with E-state index in [-0.39, 0.29) is 5.57 Å². The second-order valence-corrected chi connectivity index (χ2v) is 7.91. The van der Waals surface area contributed by atoms with Crippen LogP contribution in [0.5, 0.6) is 11.5 Å². The van der Waals surface area contributed by atoms with E-state index < -0.39 is 5.91 Å². The molecule has 0 aromatic heterocycles. The van der Waals surface area contributed by atoms with Crippen molar-refractivity contribution < 1.29 is 14.3 Å². The highest BCUT2D eigenvalue weighted by molar-refractivity contribution is 9.10. The zero-order valence-electron chi connectivity index (χ0n) is 17.9. The maximum Gasteiger partial charge on any atom is 0.266 e. The molecule has 0 aliphatic carbocycles. The zero-order chi connectivity index (χ0) is 22.9. The van der Waals surface area contributed by atoms with Gasteiger partial charge >= 0.3 is 0 Å². The number of nitriles is 1. The van der Waals surface area contributed by atoms with Crippen LogP contribution in [0.25, 0.3) is 6.08 Å². The molecule has 5 nitrogen and oxygen atoms in total. The van der Waals surface area contributed by atoms with Gasteiger partial charge in [0.05, 0.1) is 11.1 Å². The van der Waals surface area contributed by atoms with Crippen molar-refractivity contribution in [1.29, 1.82) is 5.26 Å². The number of anilines is 1. The quantitative estimate of drug-likeness (QED) is 0.297. The second kappa shape index (κ2) is 11.2. The Balaban J connectivity index is 1.70. The standard InChI is InChI=1S/C26H23BrN2O3/c1-3-31-23-9-5-8-22(15-23)29-26(30)21(16-28)13-19-10-11-25(24(27)14-19)32-17-20-7-4-6-18(2)12-20/h4-15H,3,17H2,1-2H3,(H,29,30)/b21-13-. The number of ether oxygens (including phenoxy) is 2. The number of nitrogens with one attached hydrogen (secondary N) is 1. The summed E-state index contributed by atoms with van der Waals surface area (Å²) in [6.45, 7) is 4.90. The van der Waals surface area contributed by atoms with Gasteiger partial charge in [0.25, 0.3) is 5.91 Å². The van der Waals surface area contributed by atoms with E-state index >= 15 is 0 Å². The first-order chi connectivity index (χ1) is 15.5. The van der Waals surface area contributed by atoms with Crippen LogP contribution in [-0.4, -0.2) is 12.5 Å². The van der Waals surface area contributed by atoms with Crippen LogP contribution < -0.4 is 14.8 Å². The van der Waals surface area contributed by atoms with Crippen molar-refractivity contribution >= 4 is 33.6 Å². The van der Waals surface area contributed by atoms with Gasteiger partial charge in [0, 0.05) is 11.8 Å². The molecule has 3 aromatic rings. The Morgan fingerprint density at radius 1 is 1.09 bits per heavy atom. The van der Waals surface area contributed by atoms with Crippen molar-refractivity contribution in [2.45, 2.75) is 20.5 Å². The Hall–Kier alpha value is -3.56. The molecule has 32 heavy (non-hydrogen) atoms. The number of halogens is 1. The Bertz CT molecular complexity index is 1180. The monoisotopic (exact) mass is 490 g/mol. The molecule has 1 N–H and O–H groups in total. The first kappa shape index (κ1) is 23.1. The summed E-state index contributed by atoms with van der Waals surface area (Å²) in [6.07, 6.45) is 1.54. The molecule has 0 bridgehead atoms. The molecule has 3 aromatic carbocycles. The lowest BCUT2D eigenvalue weighted by molar-refractivity contribution is -0.112. The van der Waals surface area contributed by atoms with Crippen LogP contribution in [0.3, 0.4) is 0 Å². The average Bonchev–Trinajstić information content (AvgIpc) is 2.77. The van der Waals surface area contributed by atoms with E-state index in [1.165, 1.54) is 11.6 Å². The first-order valence-electron chi connectivity index (χ1n) is 10.1. The van der Waals surface area contributed by atoms with Crippen molar-refractivity contribution in [1.82, 2.24) is 0 Å². The highest BCUT2D eigenvalue weighted by atomic mass is 79.9. The minimum Gasteiger partial charge on any atom is -0.494 e. The number of rotatable bonds is 8. The number of amides is 1. The highest BCUT2D eigenvalue weighted by Crippen LogP contribution is 2.28.